The van der Waals surface area contributed by atoms with Crippen LogP contribution in [-0.4, -0.2) is 0 Å². The van der Waals surface area contributed by atoms with E-state index in [-0.39, 0.29) is 34.0 Å². The smallest absolute Gasteiger partial charge is 0.116 e. The number of hydrogen-bond acceptors (Lipinski definition) is 0. The lowest BCUT2D eigenvalue weighted by molar-refractivity contribution is -0.001000. The maximum Gasteiger partial charge on any atom is 0.116 e. The summed E-state index contributed by atoms with van der Waals surface area (Å²) in [4.78, 5) is 0. The Kier molecular flexibility index (Phi) is 15.8. The summed E-state index contributed by atoms with van der Waals surface area (Å²) in [7, 11) is -3.99. The third-order valence-corrected chi connectivity index (χ3v) is 21.2. The van der Waals surface area contributed by atoms with Crippen LogP contribution in [-0.2, 0) is 25.2 Å². The molecule has 0 amide bonds. The van der Waals surface area contributed by atoms with Gasteiger partial charge in [0, 0.05) is 0 Å². The van der Waals surface area contributed by atoms with Gasteiger partial charge in [-0.1, -0.05) is 155 Å². The maximum absolute atomic E-state index is 2.40. The van der Waals surface area contributed by atoms with Gasteiger partial charge < -0.3 is 34.0 Å². The van der Waals surface area contributed by atoms with Crippen LogP contribution in [0.1, 0.15) is 55.6 Å². The molecule has 8 aromatic carbocycles. The van der Waals surface area contributed by atoms with Crippen LogP contribution in [0.4, 0.5) is 0 Å². The first kappa shape index (κ1) is 47.1. The highest BCUT2D eigenvalue weighted by Gasteiger charge is 2.47. The molecule has 0 N–H and O–H groups in total. The third-order valence-electron chi connectivity index (χ3n) is 12.4. The Hall–Kier alpha value is -4.42. The number of aryl methyl sites for hydroxylation is 8. The first-order valence-corrected chi connectivity index (χ1v) is 25.4. The summed E-state index contributed by atoms with van der Waals surface area (Å²) in [5.41, 5.74) is 13.3. The summed E-state index contributed by atoms with van der Waals surface area (Å²) < 4.78 is 0. The van der Waals surface area contributed by atoms with E-state index in [1.807, 2.05) is 0 Å². The van der Waals surface area contributed by atoms with Crippen molar-refractivity contribution in [2.24, 2.45) is 0 Å². The quantitative estimate of drug-likeness (QED) is 0.119. The minimum absolute atomic E-state index is 0. The zero-order valence-electron chi connectivity index (χ0n) is 37.0. The van der Waals surface area contributed by atoms with Crippen LogP contribution in [0.15, 0.2) is 194 Å². The summed E-state index contributed by atoms with van der Waals surface area (Å²) in [6, 6.07) is 75.2. The number of hydrogen-bond donors (Lipinski definition) is 0. The summed E-state index contributed by atoms with van der Waals surface area (Å²) >= 11 is 0. The lowest BCUT2D eigenvalue weighted by Gasteiger charge is -2.28. The van der Waals surface area contributed by atoms with E-state index in [9.17, 15) is 0 Å². The molecule has 0 saturated heterocycles. The zero-order valence-corrected chi connectivity index (χ0v) is 41.9. The van der Waals surface area contributed by atoms with Crippen LogP contribution in [0, 0.1) is 41.5 Å². The Balaban J connectivity index is 0.00000321. The molecule has 0 atom stereocenters. The minimum atomic E-state index is -2.00. The zero-order chi connectivity index (χ0) is 41.7. The molecule has 0 aliphatic rings. The van der Waals surface area contributed by atoms with E-state index in [1.54, 1.807) is 0 Å². The fourth-order valence-electron chi connectivity index (χ4n) is 8.70. The van der Waals surface area contributed by atoms with Crippen molar-refractivity contribution in [3.63, 3.8) is 0 Å². The molecule has 0 bridgehead atoms. The topological polar surface area (TPSA) is 0 Å². The fourth-order valence-corrected chi connectivity index (χ4v) is 17.0. The Labute approximate surface area is 394 Å². The molecule has 8 rings (SSSR count). The van der Waals surface area contributed by atoms with Crippen molar-refractivity contribution in [3.8, 4) is 0 Å². The average Bonchev–Trinajstić information content (AvgIpc) is 3.27. The molecule has 0 aliphatic heterocycles. The van der Waals surface area contributed by atoms with Crippen molar-refractivity contribution < 1.29 is 34.0 Å². The van der Waals surface area contributed by atoms with Gasteiger partial charge in [-0.2, -0.15) is 0 Å². The Bertz CT molecular complexity index is 2220. The van der Waals surface area contributed by atoms with Gasteiger partial charge in [0.25, 0.3) is 0 Å². The van der Waals surface area contributed by atoms with Gasteiger partial charge in [-0.3, -0.25) is 0 Å². The number of halogens is 2. The second-order valence-corrected chi connectivity index (χ2v) is 24.1. The van der Waals surface area contributed by atoms with Crippen molar-refractivity contribution in [1.82, 2.24) is 0 Å². The van der Waals surface area contributed by atoms with Crippen molar-refractivity contribution in [3.05, 3.63) is 250 Å². The first-order valence-electron chi connectivity index (χ1n) is 21.5. The predicted octanol–water partition coefficient (Wildman–Crippen LogP) is 6.32. The highest BCUT2D eigenvalue weighted by Crippen LogP contribution is 2.59. The lowest BCUT2D eigenvalue weighted by Crippen LogP contribution is -3.00. The van der Waals surface area contributed by atoms with Gasteiger partial charge in [-0.15, -0.1) is 0 Å². The summed E-state index contributed by atoms with van der Waals surface area (Å²) in [5.74, 6) is 0. The Morgan fingerprint density at radius 1 is 0.226 bits per heavy atom. The standard InChI is InChI=1S/C58H58P2.2BrH/c1-43-7-29-53(30-8-43)59(54-31-9-44(2)10-32-54,55-33-11-45(3)12-34-55)41-51-25-21-49(22-26-51)19-20-50-23-27-52(28-24-50)42-60(56-35-13-46(4)14-36-56,57-37-15-47(5)16-38-57)58-39-17-48(6)18-40-58;;/h7-18,21-40H,19-20,41-42H2,1-6H3;2*1H/q+2;;/p-2. The molecule has 0 saturated carbocycles. The van der Waals surface area contributed by atoms with Crippen molar-refractivity contribution in [2.75, 3.05) is 0 Å². The van der Waals surface area contributed by atoms with Crippen LogP contribution in [0.2, 0.25) is 0 Å². The van der Waals surface area contributed by atoms with Crippen LogP contribution in [0.25, 0.3) is 0 Å². The highest BCUT2D eigenvalue weighted by molar-refractivity contribution is 7.95. The average molecular weight is 977 g/mol. The maximum atomic E-state index is 2.40. The van der Waals surface area contributed by atoms with Crippen LogP contribution in [0.3, 0.4) is 0 Å². The minimum Gasteiger partial charge on any atom is -1.00 e. The van der Waals surface area contributed by atoms with Gasteiger partial charge in [-0.05, 0) is 149 Å². The molecular formula is C58H58Br2P2. The van der Waals surface area contributed by atoms with Gasteiger partial charge in [0.15, 0.2) is 0 Å². The molecule has 8 aromatic rings. The molecule has 0 radical (unpaired) electrons. The van der Waals surface area contributed by atoms with Gasteiger partial charge >= 0.3 is 0 Å². The monoisotopic (exact) mass is 974 g/mol. The van der Waals surface area contributed by atoms with Crippen LogP contribution < -0.4 is 65.8 Å². The Morgan fingerprint density at radius 3 is 0.565 bits per heavy atom. The molecule has 0 aliphatic carbocycles. The van der Waals surface area contributed by atoms with Crippen LogP contribution >= 0.6 is 14.5 Å². The van der Waals surface area contributed by atoms with E-state index in [1.165, 1.54) is 87.5 Å². The summed E-state index contributed by atoms with van der Waals surface area (Å²) in [5, 5.41) is 8.61. The van der Waals surface area contributed by atoms with Crippen molar-refractivity contribution in [2.45, 2.75) is 66.7 Å². The predicted molar refractivity (Wildman–Crippen MR) is 266 cm³/mol. The van der Waals surface area contributed by atoms with Crippen molar-refractivity contribution >= 4 is 46.4 Å². The number of benzene rings is 8. The normalized spacial score (nSPS) is 11.4. The summed E-state index contributed by atoms with van der Waals surface area (Å²) in [6.07, 6.45) is 4.01. The molecule has 0 nitrogen and oxygen atoms in total. The van der Waals surface area contributed by atoms with E-state index in [0.29, 0.717) is 0 Å². The molecular weight excluding hydrogens is 918 g/mol. The van der Waals surface area contributed by atoms with E-state index in [2.05, 4.69) is 236 Å². The van der Waals surface area contributed by atoms with E-state index < -0.39 is 14.5 Å². The van der Waals surface area contributed by atoms with E-state index >= 15 is 0 Å². The van der Waals surface area contributed by atoms with E-state index in [4.69, 9.17) is 0 Å². The van der Waals surface area contributed by atoms with Gasteiger partial charge in [-0.25, -0.2) is 0 Å². The number of rotatable bonds is 13. The molecule has 0 unspecified atom stereocenters. The van der Waals surface area contributed by atoms with Gasteiger partial charge in [0.2, 0.25) is 0 Å². The molecule has 0 spiro atoms. The Morgan fingerprint density at radius 2 is 0.387 bits per heavy atom. The van der Waals surface area contributed by atoms with Crippen molar-refractivity contribution in [1.29, 1.82) is 0 Å². The van der Waals surface area contributed by atoms with Gasteiger partial charge in [0.05, 0.1) is 12.3 Å². The largest absolute Gasteiger partial charge is 1.00 e. The SMILES string of the molecule is Cc1ccc([P+](Cc2ccc(CCc3ccc(C[P+](c4ccc(C)cc4)(c4ccc(C)cc4)c4ccc(C)cc4)cc3)cc2)(c2ccc(C)cc2)c2ccc(C)cc2)cc1.[Br-].[Br-]. The van der Waals surface area contributed by atoms with Gasteiger partial charge in [0.1, 0.15) is 46.4 Å². The highest BCUT2D eigenvalue weighted by atomic mass is 79.9. The second-order valence-electron chi connectivity index (χ2n) is 17.1. The molecule has 314 valence electrons. The molecule has 4 heteroatoms. The van der Waals surface area contributed by atoms with Crippen LogP contribution in [0.5, 0.6) is 0 Å². The molecule has 0 aromatic heterocycles. The fraction of sp³-hybridized carbons (Fsp3) is 0.172. The molecule has 62 heavy (non-hydrogen) atoms. The first-order chi connectivity index (χ1) is 29.1. The summed E-state index contributed by atoms with van der Waals surface area (Å²) in [6.45, 7) is 13.1. The lowest BCUT2D eigenvalue weighted by atomic mass is 10.0. The molecule has 0 heterocycles. The second kappa shape index (κ2) is 20.8. The molecule has 0 fully saturated rings. The van der Waals surface area contributed by atoms with E-state index in [0.717, 1.165) is 25.2 Å². The third kappa shape index (κ3) is 10.3.